The third kappa shape index (κ3) is 4.42. The van der Waals surface area contributed by atoms with Crippen LogP contribution in [-0.4, -0.2) is 12.6 Å². The van der Waals surface area contributed by atoms with E-state index in [1.54, 1.807) is 18.3 Å². The zero-order valence-electron chi connectivity index (χ0n) is 10.5. The number of hydrogen-bond acceptors (Lipinski definition) is 2. The van der Waals surface area contributed by atoms with E-state index in [0.717, 1.165) is 5.56 Å². The van der Waals surface area contributed by atoms with Crippen LogP contribution in [0.2, 0.25) is 0 Å². The molecule has 0 aromatic heterocycles. The van der Waals surface area contributed by atoms with Gasteiger partial charge in [0.15, 0.2) is 0 Å². The van der Waals surface area contributed by atoms with Gasteiger partial charge in [-0.3, -0.25) is 4.99 Å². The van der Waals surface area contributed by atoms with E-state index in [-0.39, 0.29) is 12.3 Å². The summed E-state index contributed by atoms with van der Waals surface area (Å²) < 4.78 is 40.7. The van der Waals surface area contributed by atoms with E-state index in [1.807, 2.05) is 30.3 Å². The summed E-state index contributed by atoms with van der Waals surface area (Å²) in [6.07, 6.45) is -3.08. The molecule has 0 aliphatic carbocycles. The lowest BCUT2D eigenvalue weighted by molar-refractivity contribution is -0.274. The Morgan fingerprint density at radius 1 is 0.950 bits per heavy atom. The van der Waals surface area contributed by atoms with Gasteiger partial charge in [0.2, 0.25) is 0 Å². The van der Waals surface area contributed by atoms with Crippen molar-refractivity contribution in [1.29, 1.82) is 0 Å². The van der Waals surface area contributed by atoms with E-state index in [0.29, 0.717) is 5.56 Å². The van der Waals surface area contributed by atoms with Crippen molar-refractivity contribution in [2.75, 3.05) is 0 Å². The van der Waals surface area contributed by atoms with Gasteiger partial charge < -0.3 is 4.74 Å². The Morgan fingerprint density at radius 3 is 2.30 bits per heavy atom. The zero-order chi connectivity index (χ0) is 14.4. The summed E-state index contributed by atoms with van der Waals surface area (Å²) in [5, 5.41) is 0. The molecule has 20 heavy (non-hydrogen) atoms. The first-order valence-corrected chi connectivity index (χ1v) is 5.93. The number of nitrogens with zero attached hydrogens (tertiary/aromatic N) is 1. The first-order chi connectivity index (χ1) is 9.54. The van der Waals surface area contributed by atoms with Crippen molar-refractivity contribution in [2.45, 2.75) is 12.9 Å². The van der Waals surface area contributed by atoms with Crippen LogP contribution in [0.1, 0.15) is 11.1 Å². The number of aliphatic imine (C=N–C) groups is 1. The topological polar surface area (TPSA) is 21.6 Å². The van der Waals surface area contributed by atoms with Gasteiger partial charge in [0.1, 0.15) is 5.75 Å². The second kappa shape index (κ2) is 6.23. The van der Waals surface area contributed by atoms with Crippen molar-refractivity contribution in [3.63, 3.8) is 0 Å². The minimum Gasteiger partial charge on any atom is -0.405 e. The number of halogens is 3. The Morgan fingerprint density at radius 2 is 1.60 bits per heavy atom. The van der Waals surface area contributed by atoms with Crippen molar-refractivity contribution in [1.82, 2.24) is 0 Å². The Kier molecular flexibility index (Phi) is 4.40. The fourth-order valence-electron chi connectivity index (χ4n) is 1.65. The van der Waals surface area contributed by atoms with Gasteiger partial charge in [0.25, 0.3) is 0 Å². The molecule has 0 aliphatic rings. The summed E-state index contributed by atoms with van der Waals surface area (Å²) in [6, 6.07) is 15.3. The molecule has 5 heteroatoms. The molecular weight excluding hydrogens is 267 g/mol. The van der Waals surface area contributed by atoms with Crippen LogP contribution < -0.4 is 4.74 Å². The second-order valence-corrected chi connectivity index (χ2v) is 4.04. The van der Waals surface area contributed by atoms with Crippen LogP contribution in [0.25, 0.3) is 0 Å². The minimum atomic E-state index is -4.70. The monoisotopic (exact) mass is 279 g/mol. The average molecular weight is 279 g/mol. The molecule has 0 unspecified atom stereocenters. The molecule has 0 N–H and O–H groups in total. The molecule has 0 saturated carbocycles. The average Bonchev–Trinajstić information content (AvgIpc) is 2.40. The highest BCUT2D eigenvalue weighted by Crippen LogP contribution is 2.26. The van der Waals surface area contributed by atoms with Gasteiger partial charge in [0.05, 0.1) is 6.54 Å². The van der Waals surface area contributed by atoms with E-state index in [9.17, 15) is 13.2 Å². The third-order valence-corrected chi connectivity index (χ3v) is 2.50. The molecule has 0 radical (unpaired) electrons. The summed E-state index contributed by atoms with van der Waals surface area (Å²) >= 11 is 0. The van der Waals surface area contributed by atoms with Gasteiger partial charge in [-0.25, -0.2) is 0 Å². The van der Waals surface area contributed by atoms with Crippen molar-refractivity contribution in [2.24, 2.45) is 4.99 Å². The fraction of sp³-hybridized carbons (Fsp3) is 0.133. The van der Waals surface area contributed by atoms with E-state index in [1.165, 1.54) is 12.1 Å². The minimum absolute atomic E-state index is 0.126. The highest BCUT2D eigenvalue weighted by molar-refractivity contribution is 5.79. The SMILES string of the molecule is FC(F)(F)Oc1ccccc1CN=Cc1ccccc1. The Bertz CT molecular complexity index is 579. The first-order valence-electron chi connectivity index (χ1n) is 5.93. The predicted octanol–water partition coefficient (Wildman–Crippen LogP) is 4.20. The van der Waals surface area contributed by atoms with Crippen molar-refractivity contribution in [3.8, 4) is 5.75 Å². The highest BCUT2D eigenvalue weighted by atomic mass is 19.4. The molecule has 104 valence electrons. The van der Waals surface area contributed by atoms with Crippen molar-refractivity contribution >= 4 is 6.21 Å². The van der Waals surface area contributed by atoms with Crippen LogP contribution >= 0.6 is 0 Å². The Balaban J connectivity index is 2.08. The Hall–Kier alpha value is -2.30. The van der Waals surface area contributed by atoms with Gasteiger partial charge in [-0.15, -0.1) is 13.2 Å². The van der Waals surface area contributed by atoms with Crippen LogP contribution in [0.3, 0.4) is 0 Å². The van der Waals surface area contributed by atoms with Crippen LogP contribution in [0.5, 0.6) is 5.75 Å². The number of para-hydroxylation sites is 1. The van der Waals surface area contributed by atoms with Crippen LogP contribution in [0.4, 0.5) is 13.2 Å². The summed E-state index contributed by atoms with van der Waals surface area (Å²) in [7, 11) is 0. The molecule has 0 saturated heterocycles. The molecule has 0 heterocycles. The van der Waals surface area contributed by atoms with Gasteiger partial charge in [-0.2, -0.15) is 0 Å². The zero-order valence-corrected chi connectivity index (χ0v) is 10.5. The van der Waals surface area contributed by atoms with Gasteiger partial charge >= 0.3 is 6.36 Å². The first kappa shape index (κ1) is 14.1. The maximum Gasteiger partial charge on any atom is 0.573 e. The molecule has 2 aromatic rings. The van der Waals surface area contributed by atoms with Crippen LogP contribution in [-0.2, 0) is 6.54 Å². The lowest BCUT2D eigenvalue weighted by Crippen LogP contribution is -2.18. The normalized spacial score (nSPS) is 11.8. The molecule has 0 spiro atoms. The molecule has 2 aromatic carbocycles. The van der Waals surface area contributed by atoms with Gasteiger partial charge in [-0.1, -0.05) is 48.5 Å². The van der Waals surface area contributed by atoms with Crippen molar-refractivity contribution < 1.29 is 17.9 Å². The lowest BCUT2D eigenvalue weighted by atomic mass is 10.2. The molecular formula is C15H12F3NO. The standard InChI is InChI=1S/C15H12F3NO/c16-15(17,18)20-14-9-5-4-8-13(14)11-19-10-12-6-2-1-3-7-12/h1-10H,11H2. The molecule has 0 bridgehead atoms. The number of alkyl halides is 3. The Labute approximate surface area is 114 Å². The highest BCUT2D eigenvalue weighted by Gasteiger charge is 2.31. The molecule has 0 atom stereocenters. The lowest BCUT2D eigenvalue weighted by Gasteiger charge is -2.11. The predicted molar refractivity (Wildman–Crippen MR) is 70.9 cm³/mol. The molecule has 0 aliphatic heterocycles. The van der Waals surface area contributed by atoms with Gasteiger partial charge in [0, 0.05) is 11.8 Å². The number of hydrogen-bond donors (Lipinski definition) is 0. The molecule has 2 rings (SSSR count). The van der Waals surface area contributed by atoms with E-state index in [2.05, 4.69) is 9.73 Å². The molecule has 2 nitrogen and oxygen atoms in total. The quantitative estimate of drug-likeness (QED) is 0.768. The van der Waals surface area contributed by atoms with Crippen LogP contribution in [0.15, 0.2) is 59.6 Å². The van der Waals surface area contributed by atoms with Gasteiger partial charge in [-0.05, 0) is 11.6 Å². The number of ether oxygens (including phenoxy) is 1. The summed E-state index contributed by atoms with van der Waals surface area (Å²) in [5.74, 6) is -0.217. The van der Waals surface area contributed by atoms with E-state index < -0.39 is 6.36 Å². The van der Waals surface area contributed by atoms with Crippen LogP contribution in [0, 0.1) is 0 Å². The number of benzene rings is 2. The summed E-state index contributed by atoms with van der Waals surface area (Å²) in [4.78, 5) is 4.13. The maximum absolute atomic E-state index is 12.2. The largest absolute Gasteiger partial charge is 0.573 e. The summed E-state index contributed by atoms with van der Waals surface area (Å²) in [6.45, 7) is 0.126. The van der Waals surface area contributed by atoms with E-state index in [4.69, 9.17) is 0 Å². The molecule has 0 amide bonds. The fourth-order valence-corrected chi connectivity index (χ4v) is 1.65. The summed E-state index contributed by atoms with van der Waals surface area (Å²) in [5.41, 5.74) is 1.28. The molecule has 0 fully saturated rings. The van der Waals surface area contributed by atoms with E-state index >= 15 is 0 Å². The third-order valence-electron chi connectivity index (χ3n) is 2.50. The second-order valence-electron chi connectivity index (χ2n) is 4.04. The number of rotatable bonds is 4. The maximum atomic E-state index is 12.2. The smallest absolute Gasteiger partial charge is 0.405 e. The van der Waals surface area contributed by atoms with Crippen molar-refractivity contribution in [3.05, 3.63) is 65.7 Å².